The molecule has 13 heteroatoms. The number of ether oxygens (including phenoxy) is 1. The van der Waals surface area contributed by atoms with Gasteiger partial charge in [-0.1, -0.05) is 35.5 Å². The Morgan fingerprint density at radius 1 is 1.07 bits per heavy atom. The zero-order chi connectivity index (χ0) is 30.9. The third-order valence-electron chi connectivity index (χ3n) is 8.01. The van der Waals surface area contributed by atoms with Crippen molar-refractivity contribution in [3.05, 3.63) is 71.7 Å². The Labute approximate surface area is 255 Å². The van der Waals surface area contributed by atoms with Gasteiger partial charge in [0.2, 0.25) is 23.6 Å². The summed E-state index contributed by atoms with van der Waals surface area (Å²) in [7, 11) is 0. The van der Waals surface area contributed by atoms with Crippen molar-refractivity contribution in [2.24, 2.45) is 11.8 Å². The van der Waals surface area contributed by atoms with Gasteiger partial charge in [-0.15, -0.1) is 5.10 Å². The van der Waals surface area contributed by atoms with E-state index in [1.54, 1.807) is 34.1 Å². The Balaban J connectivity index is 1.32. The van der Waals surface area contributed by atoms with E-state index in [4.69, 9.17) is 4.74 Å². The van der Waals surface area contributed by atoms with Crippen LogP contribution in [0.1, 0.15) is 47.8 Å². The summed E-state index contributed by atoms with van der Waals surface area (Å²) in [6, 6.07) is 12.3. The maximum atomic E-state index is 14.0. The van der Waals surface area contributed by atoms with Crippen LogP contribution in [0.5, 0.6) is 5.88 Å². The normalized spacial score (nSPS) is 20.3. The molecule has 5 rings (SSSR count). The van der Waals surface area contributed by atoms with Crippen molar-refractivity contribution in [3.8, 4) is 5.88 Å². The highest BCUT2D eigenvalue weighted by Crippen LogP contribution is 2.30. The van der Waals surface area contributed by atoms with E-state index in [0.717, 1.165) is 5.56 Å². The smallest absolute Gasteiger partial charge is 0.257 e. The molecule has 44 heavy (non-hydrogen) atoms. The number of amides is 4. The van der Waals surface area contributed by atoms with E-state index >= 15 is 0 Å². The molecule has 0 saturated carbocycles. The van der Waals surface area contributed by atoms with Crippen molar-refractivity contribution in [2.45, 2.75) is 45.2 Å². The highest BCUT2D eigenvalue weighted by molar-refractivity contribution is 5.99. The van der Waals surface area contributed by atoms with E-state index < -0.39 is 11.9 Å². The topological polar surface area (TPSA) is 160 Å². The van der Waals surface area contributed by atoms with Gasteiger partial charge in [0.25, 0.3) is 5.91 Å². The molecule has 1 saturated heterocycles. The second-order valence-electron chi connectivity index (χ2n) is 11.2. The average molecular weight is 603 g/mol. The second kappa shape index (κ2) is 14.6. The maximum Gasteiger partial charge on any atom is 0.257 e. The number of hydrogen-bond acceptors (Lipinski definition) is 8. The van der Waals surface area contributed by atoms with Crippen LogP contribution in [0.25, 0.3) is 0 Å². The summed E-state index contributed by atoms with van der Waals surface area (Å²) < 4.78 is 7.69. The molecule has 3 atom stereocenters. The van der Waals surface area contributed by atoms with Crippen LogP contribution in [0.4, 0.5) is 0 Å². The molecule has 4 heterocycles. The number of piperidine rings is 1. The highest BCUT2D eigenvalue weighted by Gasteiger charge is 2.36. The van der Waals surface area contributed by atoms with Gasteiger partial charge >= 0.3 is 0 Å². The molecule has 0 spiro atoms. The average Bonchev–Trinajstić information content (AvgIpc) is 3.46. The summed E-state index contributed by atoms with van der Waals surface area (Å²) in [5.74, 6) is -0.651. The monoisotopic (exact) mass is 602 g/mol. The Hall–Kier alpha value is -4.81. The van der Waals surface area contributed by atoms with Gasteiger partial charge in [-0.2, -0.15) is 0 Å². The molecule has 2 aliphatic heterocycles. The summed E-state index contributed by atoms with van der Waals surface area (Å²) in [5.41, 5.74) is 1.89. The predicted molar refractivity (Wildman–Crippen MR) is 159 cm³/mol. The molecule has 2 aromatic heterocycles. The number of hydrogen-bond donors (Lipinski definition) is 3. The minimum atomic E-state index is -0.883. The van der Waals surface area contributed by atoms with E-state index in [0.29, 0.717) is 64.3 Å². The van der Waals surface area contributed by atoms with Gasteiger partial charge in [0.15, 0.2) is 0 Å². The lowest BCUT2D eigenvalue weighted by Crippen LogP contribution is -2.54. The predicted octanol–water partition coefficient (Wildman–Crippen LogP) is 0.952. The van der Waals surface area contributed by atoms with Crippen molar-refractivity contribution in [3.63, 3.8) is 0 Å². The van der Waals surface area contributed by atoms with Crippen molar-refractivity contribution >= 4 is 23.6 Å². The van der Waals surface area contributed by atoms with Crippen LogP contribution < -0.4 is 20.7 Å². The first-order valence-corrected chi connectivity index (χ1v) is 15.0. The summed E-state index contributed by atoms with van der Waals surface area (Å²) in [6.45, 7) is 3.87. The number of benzene rings is 1. The second-order valence-corrected chi connectivity index (χ2v) is 11.2. The SMILES string of the molecule is CC(=O)NCCNC(=O)C[C@@H]1CCN2C[C@@H]1CCOc1ncccc1C(=O)N[C@H](Cc1cn(Cc3ccccc3)nn1)C2=O. The number of fused-ring (bicyclic) bond motifs is 3. The Morgan fingerprint density at radius 3 is 2.70 bits per heavy atom. The molecule has 1 fully saturated rings. The summed E-state index contributed by atoms with van der Waals surface area (Å²) in [6.07, 6.45) is 5.05. The molecular weight excluding hydrogens is 564 g/mol. The zero-order valence-corrected chi connectivity index (χ0v) is 24.8. The molecule has 3 aromatic rings. The summed E-state index contributed by atoms with van der Waals surface area (Å²) in [5, 5.41) is 17.0. The molecule has 2 aliphatic rings. The van der Waals surface area contributed by atoms with Gasteiger partial charge in [-0.05, 0) is 42.4 Å². The van der Waals surface area contributed by atoms with Crippen LogP contribution in [0, 0.1) is 11.8 Å². The molecule has 232 valence electrons. The lowest BCUT2D eigenvalue weighted by atomic mass is 9.80. The first-order valence-electron chi connectivity index (χ1n) is 15.0. The van der Waals surface area contributed by atoms with Crippen molar-refractivity contribution in [1.82, 2.24) is 40.8 Å². The Kier molecular flexibility index (Phi) is 10.2. The van der Waals surface area contributed by atoms with Crippen LogP contribution in [0.3, 0.4) is 0 Å². The van der Waals surface area contributed by atoms with Gasteiger partial charge in [0.1, 0.15) is 11.6 Å². The standard InChI is InChI=1S/C31H38N8O5/c1-21(40)32-12-13-33-28(41)16-23-9-14-38-19-24(23)10-15-44-30-26(8-5-11-34-30)29(42)35-27(31(38)43)17-25-20-39(37-36-25)18-22-6-3-2-4-7-22/h2-8,11,20,23-24,27H,9-10,12-19H2,1H3,(H,32,40)(H,33,41)(H,35,42)/t23-,24-,27+/m0/s1. The van der Waals surface area contributed by atoms with Crippen molar-refractivity contribution in [1.29, 1.82) is 0 Å². The molecule has 2 bridgehead atoms. The summed E-state index contributed by atoms with van der Waals surface area (Å²) >= 11 is 0. The van der Waals surface area contributed by atoms with Crippen LogP contribution in [0.15, 0.2) is 54.9 Å². The van der Waals surface area contributed by atoms with E-state index in [1.165, 1.54) is 6.92 Å². The number of carbonyl (C=O) groups is 4. The zero-order valence-electron chi connectivity index (χ0n) is 24.8. The fourth-order valence-corrected chi connectivity index (χ4v) is 5.76. The number of carbonyl (C=O) groups excluding carboxylic acids is 4. The molecular formula is C31H38N8O5. The molecule has 0 aliphatic carbocycles. The molecule has 3 N–H and O–H groups in total. The van der Waals surface area contributed by atoms with Crippen LogP contribution in [-0.4, -0.2) is 87.3 Å². The number of aromatic nitrogens is 4. The first-order chi connectivity index (χ1) is 21.4. The van der Waals surface area contributed by atoms with Crippen LogP contribution in [-0.2, 0) is 27.3 Å². The lowest BCUT2D eigenvalue weighted by molar-refractivity contribution is -0.136. The molecule has 1 aromatic carbocycles. The third kappa shape index (κ3) is 8.17. The third-order valence-corrected chi connectivity index (χ3v) is 8.01. The largest absolute Gasteiger partial charge is 0.477 e. The van der Waals surface area contributed by atoms with E-state index in [2.05, 4.69) is 31.2 Å². The van der Waals surface area contributed by atoms with Gasteiger partial charge in [-0.3, -0.25) is 19.2 Å². The van der Waals surface area contributed by atoms with Gasteiger partial charge < -0.3 is 25.6 Å². The van der Waals surface area contributed by atoms with E-state index in [-0.39, 0.29) is 47.4 Å². The first kappa shape index (κ1) is 30.6. The van der Waals surface area contributed by atoms with Crippen LogP contribution >= 0.6 is 0 Å². The number of pyridine rings is 1. The quantitative estimate of drug-likeness (QED) is 0.305. The van der Waals surface area contributed by atoms with Gasteiger partial charge in [0.05, 0.1) is 18.8 Å². The Morgan fingerprint density at radius 2 is 1.89 bits per heavy atom. The van der Waals surface area contributed by atoms with E-state index in [9.17, 15) is 19.2 Å². The highest BCUT2D eigenvalue weighted by atomic mass is 16.5. The molecule has 0 unspecified atom stereocenters. The maximum absolute atomic E-state index is 14.0. The van der Waals surface area contributed by atoms with Crippen LogP contribution in [0.2, 0.25) is 0 Å². The van der Waals surface area contributed by atoms with Gasteiger partial charge in [-0.25, -0.2) is 9.67 Å². The molecule has 4 amide bonds. The van der Waals surface area contributed by atoms with E-state index in [1.807, 2.05) is 30.3 Å². The Bertz CT molecular complexity index is 1460. The number of nitrogens with zero attached hydrogens (tertiary/aromatic N) is 5. The van der Waals surface area contributed by atoms with Crippen molar-refractivity contribution in [2.75, 3.05) is 32.8 Å². The summed E-state index contributed by atoms with van der Waals surface area (Å²) in [4.78, 5) is 57.3. The fraction of sp³-hybridized carbons (Fsp3) is 0.452. The minimum absolute atomic E-state index is 0.00322. The number of rotatable bonds is 9. The molecule has 0 radical (unpaired) electrons. The lowest BCUT2D eigenvalue weighted by Gasteiger charge is -2.40. The fourth-order valence-electron chi connectivity index (χ4n) is 5.76. The van der Waals surface area contributed by atoms with Crippen molar-refractivity contribution < 1.29 is 23.9 Å². The number of nitrogens with one attached hydrogen (secondary N) is 3. The molecule has 13 nitrogen and oxygen atoms in total. The minimum Gasteiger partial charge on any atom is -0.477 e. The van der Waals surface area contributed by atoms with Gasteiger partial charge in [0, 0.05) is 58.3 Å².